The van der Waals surface area contributed by atoms with E-state index in [2.05, 4.69) is 0 Å². The molecule has 0 aliphatic carbocycles. The van der Waals surface area contributed by atoms with Crippen LogP contribution in [0.4, 0.5) is 8.78 Å². The Morgan fingerprint density at radius 2 is 2.00 bits per heavy atom. The van der Waals surface area contributed by atoms with Gasteiger partial charge in [-0.2, -0.15) is 0 Å². The maximum absolute atomic E-state index is 12.7. The van der Waals surface area contributed by atoms with Gasteiger partial charge < -0.3 is 14.6 Å². The van der Waals surface area contributed by atoms with Gasteiger partial charge in [-0.1, -0.05) is 6.92 Å². The highest BCUT2D eigenvalue weighted by atomic mass is 19.3. The molecule has 3 nitrogen and oxygen atoms in total. The molecule has 94 valence electrons. The molecule has 0 bridgehead atoms. The Bertz CT molecular complexity index is 407. The molecule has 1 aromatic rings. The molecule has 1 aliphatic rings. The monoisotopic (exact) mass is 244 g/mol. The number of benzene rings is 1. The highest BCUT2D eigenvalue weighted by Gasteiger charge is 2.23. The fourth-order valence-electron chi connectivity index (χ4n) is 1.79. The standard InChI is InChI=1S/C12H14F2O3/c1-7(6-15)9-4-8(12(13)14)5-10-11(9)17-3-2-16-10/h4-5,7,12,15H,2-3,6H2,1H3. The third-order valence-electron chi connectivity index (χ3n) is 2.75. The number of rotatable bonds is 3. The Morgan fingerprint density at radius 1 is 1.29 bits per heavy atom. The first kappa shape index (κ1) is 12.1. The molecule has 0 saturated carbocycles. The third kappa shape index (κ3) is 2.34. The summed E-state index contributed by atoms with van der Waals surface area (Å²) in [5, 5.41) is 9.14. The molecule has 0 spiro atoms. The molecule has 0 saturated heterocycles. The molecule has 1 aliphatic heterocycles. The first-order valence-corrected chi connectivity index (χ1v) is 5.46. The molecule has 1 aromatic carbocycles. The first-order valence-electron chi connectivity index (χ1n) is 5.46. The molecular formula is C12H14F2O3. The summed E-state index contributed by atoms with van der Waals surface area (Å²) in [7, 11) is 0. The average molecular weight is 244 g/mol. The van der Waals surface area contributed by atoms with Gasteiger partial charge in [0.1, 0.15) is 13.2 Å². The molecule has 5 heteroatoms. The summed E-state index contributed by atoms with van der Waals surface area (Å²) < 4.78 is 36.2. The SMILES string of the molecule is CC(CO)c1cc(C(F)F)cc2c1OCCO2. The van der Waals surface area contributed by atoms with E-state index in [-0.39, 0.29) is 18.1 Å². The molecule has 1 unspecified atom stereocenters. The fraction of sp³-hybridized carbons (Fsp3) is 0.500. The Kier molecular flexibility index (Phi) is 3.47. The van der Waals surface area contributed by atoms with Crippen LogP contribution >= 0.6 is 0 Å². The zero-order valence-electron chi connectivity index (χ0n) is 9.45. The number of alkyl halides is 2. The summed E-state index contributed by atoms with van der Waals surface area (Å²) in [5.41, 5.74) is 0.463. The smallest absolute Gasteiger partial charge is 0.263 e. The van der Waals surface area contributed by atoms with E-state index < -0.39 is 6.43 Å². The van der Waals surface area contributed by atoms with Gasteiger partial charge in [0.15, 0.2) is 11.5 Å². The fourth-order valence-corrected chi connectivity index (χ4v) is 1.79. The zero-order chi connectivity index (χ0) is 12.4. The van der Waals surface area contributed by atoms with E-state index in [4.69, 9.17) is 14.6 Å². The van der Waals surface area contributed by atoms with E-state index in [1.54, 1.807) is 6.92 Å². The first-order chi connectivity index (χ1) is 8.13. The van der Waals surface area contributed by atoms with Gasteiger partial charge in [-0.3, -0.25) is 0 Å². The van der Waals surface area contributed by atoms with Crippen LogP contribution in [0.1, 0.15) is 30.4 Å². The lowest BCUT2D eigenvalue weighted by atomic mass is 9.97. The molecule has 1 N–H and O–H groups in total. The Hall–Kier alpha value is -1.36. The van der Waals surface area contributed by atoms with Crippen molar-refractivity contribution in [3.8, 4) is 11.5 Å². The summed E-state index contributed by atoms with van der Waals surface area (Å²) in [4.78, 5) is 0. The lowest BCUT2D eigenvalue weighted by Crippen LogP contribution is -2.18. The minimum Gasteiger partial charge on any atom is -0.486 e. The molecule has 0 fully saturated rings. The van der Waals surface area contributed by atoms with Crippen molar-refractivity contribution in [3.63, 3.8) is 0 Å². The molecule has 17 heavy (non-hydrogen) atoms. The predicted octanol–water partition coefficient (Wildman–Crippen LogP) is 2.49. The van der Waals surface area contributed by atoms with Crippen LogP contribution in [0.3, 0.4) is 0 Å². The second kappa shape index (κ2) is 4.87. The molecule has 0 aromatic heterocycles. The van der Waals surface area contributed by atoms with Gasteiger partial charge in [0, 0.05) is 23.7 Å². The summed E-state index contributed by atoms with van der Waals surface area (Å²) in [6, 6.07) is 2.67. The van der Waals surface area contributed by atoms with Crippen molar-refractivity contribution in [3.05, 3.63) is 23.3 Å². The Morgan fingerprint density at radius 3 is 2.65 bits per heavy atom. The van der Waals surface area contributed by atoms with E-state index in [1.807, 2.05) is 0 Å². The van der Waals surface area contributed by atoms with Gasteiger partial charge in [-0.05, 0) is 12.1 Å². The maximum atomic E-state index is 12.7. The van der Waals surface area contributed by atoms with E-state index in [0.717, 1.165) is 0 Å². The van der Waals surface area contributed by atoms with Crippen LogP contribution in [0, 0.1) is 0 Å². The Labute approximate surface area is 98.0 Å². The minimum atomic E-state index is -2.56. The zero-order valence-corrected chi connectivity index (χ0v) is 9.45. The number of hydrogen-bond acceptors (Lipinski definition) is 3. The number of aliphatic hydroxyl groups excluding tert-OH is 1. The molecule has 0 radical (unpaired) electrons. The van der Waals surface area contributed by atoms with Gasteiger partial charge in [-0.25, -0.2) is 8.78 Å². The lowest BCUT2D eigenvalue weighted by molar-refractivity contribution is 0.145. The average Bonchev–Trinajstić information content (AvgIpc) is 2.36. The van der Waals surface area contributed by atoms with Crippen LogP contribution in [0.15, 0.2) is 12.1 Å². The van der Waals surface area contributed by atoms with E-state index >= 15 is 0 Å². The number of hydrogen-bond donors (Lipinski definition) is 1. The van der Waals surface area contributed by atoms with E-state index in [9.17, 15) is 8.78 Å². The van der Waals surface area contributed by atoms with Gasteiger partial charge in [0.05, 0.1) is 0 Å². The quantitative estimate of drug-likeness (QED) is 0.887. The van der Waals surface area contributed by atoms with Crippen molar-refractivity contribution >= 4 is 0 Å². The van der Waals surface area contributed by atoms with E-state index in [1.165, 1.54) is 12.1 Å². The van der Waals surface area contributed by atoms with Gasteiger partial charge in [0.25, 0.3) is 6.43 Å². The second-order valence-corrected chi connectivity index (χ2v) is 4.02. The summed E-state index contributed by atoms with van der Waals surface area (Å²) in [6.07, 6.45) is -2.56. The lowest BCUT2D eigenvalue weighted by Gasteiger charge is -2.24. The largest absolute Gasteiger partial charge is 0.486 e. The third-order valence-corrected chi connectivity index (χ3v) is 2.75. The van der Waals surface area contributed by atoms with Crippen LogP contribution in [-0.2, 0) is 0 Å². The minimum absolute atomic E-state index is 0.107. The number of halogens is 2. The highest BCUT2D eigenvalue weighted by molar-refractivity contribution is 5.52. The van der Waals surface area contributed by atoms with Crippen molar-refractivity contribution in [2.24, 2.45) is 0 Å². The van der Waals surface area contributed by atoms with Crippen molar-refractivity contribution in [1.82, 2.24) is 0 Å². The molecule has 1 heterocycles. The molecule has 1 atom stereocenters. The normalized spacial score (nSPS) is 16.1. The number of fused-ring (bicyclic) bond motifs is 1. The van der Waals surface area contributed by atoms with Gasteiger partial charge >= 0.3 is 0 Å². The maximum Gasteiger partial charge on any atom is 0.263 e. The van der Waals surface area contributed by atoms with Crippen LogP contribution in [-0.4, -0.2) is 24.9 Å². The Balaban J connectivity index is 2.50. The molecule has 0 amide bonds. The topological polar surface area (TPSA) is 38.7 Å². The van der Waals surface area contributed by atoms with E-state index in [0.29, 0.717) is 30.3 Å². The van der Waals surface area contributed by atoms with Crippen LogP contribution in [0.2, 0.25) is 0 Å². The molecule has 2 rings (SSSR count). The van der Waals surface area contributed by atoms with Crippen LogP contribution in [0.25, 0.3) is 0 Å². The van der Waals surface area contributed by atoms with Crippen molar-refractivity contribution in [1.29, 1.82) is 0 Å². The van der Waals surface area contributed by atoms with Crippen LogP contribution < -0.4 is 9.47 Å². The summed E-state index contributed by atoms with van der Waals surface area (Å²) in [5.74, 6) is 0.552. The summed E-state index contributed by atoms with van der Waals surface area (Å²) in [6.45, 7) is 2.38. The van der Waals surface area contributed by atoms with Crippen LogP contribution in [0.5, 0.6) is 11.5 Å². The van der Waals surface area contributed by atoms with Crippen molar-refractivity contribution in [2.45, 2.75) is 19.3 Å². The van der Waals surface area contributed by atoms with Gasteiger partial charge in [0.2, 0.25) is 0 Å². The summed E-state index contributed by atoms with van der Waals surface area (Å²) >= 11 is 0. The van der Waals surface area contributed by atoms with Crippen molar-refractivity contribution < 1.29 is 23.4 Å². The second-order valence-electron chi connectivity index (χ2n) is 4.02. The van der Waals surface area contributed by atoms with Gasteiger partial charge in [-0.15, -0.1) is 0 Å². The number of aliphatic hydroxyl groups is 1. The number of ether oxygens (including phenoxy) is 2. The highest BCUT2D eigenvalue weighted by Crippen LogP contribution is 2.40. The predicted molar refractivity (Wildman–Crippen MR) is 57.9 cm³/mol. The molecular weight excluding hydrogens is 230 g/mol. The van der Waals surface area contributed by atoms with Crippen molar-refractivity contribution in [2.75, 3.05) is 19.8 Å².